The third-order valence-electron chi connectivity index (χ3n) is 5.16. The van der Waals surface area contributed by atoms with Gasteiger partial charge in [-0.05, 0) is 30.5 Å². The van der Waals surface area contributed by atoms with Crippen molar-refractivity contribution in [2.75, 3.05) is 11.4 Å². The molecule has 2 atom stereocenters. The second-order valence-corrected chi connectivity index (χ2v) is 7.06. The van der Waals surface area contributed by atoms with Gasteiger partial charge < -0.3 is 10.2 Å². The van der Waals surface area contributed by atoms with Gasteiger partial charge in [0.2, 0.25) is 5.91 Å². The first kappa shape index (κ1) is 17.3. The standard InChI is InChI=1S/C21H21N3O3/c1-14-11-16-9-5-6-10-18(16)24(14)19(25)13-23-20(26)17(22-21(23)27)12-15-7-3-2-4-8-15/h2-10,14,17H,11-13H2,1H3,(H,22,27)/t14-,17-/m0/s1. The number of amides is 4. The number of carbonyl (C=O) groups excluding carboxylic acids is 3. The van der Waals surface area contributed by atoms with E-state index in [1.165, 1.54) is 0 Å². The number of benzene rings is 2. The number of urea groups is 1. The lowest BCUT2D eigenvalue weighted by atomic mass is 10.1. The van der Waals surface area contributed by atoms with Crippen molar-refractivity contribution in [3.05, 3.63) is 65.7 Å². The molecule has 2 aromatic carbocycles. The van der Waals surface area contributed by atoms with E-state index in [2.05, 4.69) is 5.32 Å². The van der Waals surface area contributed by atoms with Crippen molar-refractivity contribution in [2.24, 2.45) is 0 Å². The molecule has 4 rings (SSSR count). The molecule has 6 heteroatoms. The summed E-state index contributed by atoms with van der Waals surface area (Å²) in [4.78, 5) is 40.6. The van der Waals surface area contributed by atoms with E-state index in [4.69, 9.17) is 0 Å². The Hall–Kier alpha value is -3.15. The van der Waals surface area contributed by atoms with E-state index in [1.807, 2.05) is 61.5 Å². The quantitative estimate of drug-likeness (QED) is 0.846. The summed E-state index contributed by atoms with van der Waals surface area (Å²) in [5.74, 6) is -0.589. The molecular formula is C21H21N3O3. The van der Waals surface area contributed by atoms with E-state index in [0.29, 0.717) is 6.42 Å². The van der Waals surface area contributed by atoms with Crippen LogP contribution in [0.2, 0.25) is 0 Å². The lowest BCUT2D eigenvalue weighted by molar-refractivity contribution is -0.131. The summed E-state index contributed by atoms with van der Waals surface area (Å²) >= 11 is 0. The fourth-order valence-corrected chi connectivity index (χ4v) is 3.87. The first-order valence-corrected chi connectivity index (χ1v) is 9.10. The predicted octanol–water partition coefficient (Wildman–Crippen LogP) is 2.13. The molecule has 6 nitrogen and oxygen atoms in total. The fraction of sp³-hybridized carbons (Fsp3) is 0.286. The van der Waals surface area contributed by atoms with Gasteiger partial charge in [-0.1, -0.05) is 48.5 Å². The average Bonchev–Trinajstić information content (AvgIpc) is 3.13. The highest BCUT2D eigenvalue weighted by Gasteiger charge is 2.41. The topological polar surface area (TPSA) is 69.7 Å². The molecule has 0 aromatic heterocycles. The van der Waals surface area contributed by atoms with Crippen LogP contribution in [0.1, 0.15) is 18.1 Å². The minimum Gasteiger partial charge on any atom is -0.325 e. The molecular weight excluding hydrogens is 342 g/mol. The van der Waals surface area contributed by atoms with Gasteiger partial charge in [-0.2, -0.15) is 0 Å². The lowest BCUT2D eigenvalue weighted by Gasteiger charge is -2.24. The molecule has 2 aromatic rings. The normalized spacial score (nSPS) is 21.4. The van der Waals surface area contributed by atoms with E-state index in [-0.39, 0.29) is 24.4 Å². The van der Waals surface area contributed by atoms with Gasteiger partial charge in [-0.3, -0.25) is 14.5 Å². The highest BCUT2D eigenvalue weighted by atomic mass is 16.2. The number of hydrogen-bond acceptors (Lipinski definition) is 3. The van der Waals surface area contributed by atoms with Crippen molar-refractivity contribution in [3.8, 4) is 0 Å². The highest BCUT2D eigenvalue weighted by molar-refractivity contribution is 6.08. The summed E-state index contributed by atoms with van der Waals surface area (Å²) in [7, 11) is 0. The summed E-state index contributed by atoms with van der Waals surface area (Å²) < 4.78 is 0. The molecule has 0 unspecified atom stereocenters. The molecule has 2 heterocycles. The van der Waals surface area contributed by atoms with Crippen LogP contribution in [0.25, 0.3) is 0 Å². The minimum atomic E-state index is -0.629. The van der Waals surface area contributed by atoms with Crippen LogP contribution in [0.3, 0.4) is 0 Å². The zero-order chi connectivity index (χ0) is 19.0. The van der Waals surface area contributed by atoms with Crippen LogP contribution in [0.15, 0.2) is 54.6 Å². The molecule has 1 N–H and O–H groups in total. The summed E-state index contributed by atoms with van der Waals surface area (Å²) in [5.41, 5.74) is 2.94. The second-order valence-electron chi connectivity index (χ2n) is 7.06. The number of rotatable bonds is 4. The maximum atomic E-state index is 12.9. The largest absolute Gasteiger partial charge is 0.325 e. The monoisotopic (exact) mass is 363 g/mol. The summed E-state index contributed by atoms with van der Waals surface area (Å²) in [5, 5.41) is 2.70. The summed E-state index contributed by atoms with van der Waals surface area (Å²) in [6.07, 6.45) is 1.19. The van der Waals surface area contributed by atoms with Crippen LogP contribution in [0.4, 0.5) is 10.5 Å². The molecule has 27 heavy (non-hydrogen) atoms. The number of carbonyl (C=O) groups is 3. The lowest BCUT2D eigenvalue weighted by Crippen LogP contribution is -2.45. The molecule has 0 aliphatic carbocycles. The minimum absolute atomic E-state index is 0.00998. The Bertz CT molecular complexity index is 897. The van der Waals surface area contributed by atoms with Gasteiger partial charge in [0.1, 0.15) is 12.6 Å². The van der Waals surface area contributed by atoms with Crippen LogP contribution in [0.5, 0.6) is 0 Å². The summed E-state index contributed by atoms with van der Waals surface area (Å²) in [6.45, 7) is 1.73. The Labute approximate surface area is 157 Å². The summed E-state index contributed by atoms with van der Waals surface area (Å²) in [6, 6.07) is 16.1. The molecule has 2 aliphatic heterocycles. The Balaban J connectivity index is 1.47. The predicted molar refractivity (Wildman–Crippen MR) is 101 cm³/mol. The highest BCUT2D eigenvalue weighted by Crippen LogP contribution is 2.32. The zero-order valence-corrected chi connectivity index (χ0v) is 15.1. The number of hydrogen-bond donors (Lipinski definition) is 1. The molecule has 1 saturated heterocycles. The molecule has 2 aliphatic rings. The average molecular weight is 363 g/mol. The smallest absolute Gasteiger partial charge is 0.325 e. The molecule has 0 radical (unpaired) electrons. The molecule has 0 saturated carbocycles. The van der Waals surface area contributed by atoms with Gasteiger partial charge in [-0.25, -0.2) is 4.79 Å². The van der Waals surface area contributed by atoms with E-state index in [0.717, 1.165) is 28.1 Å². The second kappa shape index (κ2) is 6.87. The van der Waals surface area contributed by atoms with Crippen molar-refractivity contribution in [2.45, 2.75) is 31.8 Å². The number of anilines is 1. The van der Waals surface area contributed by atoms with Crippen LogP contribution in [-0.2, 0) is 22.4 Å². The molecule has 1 fully saturated rings. The zero-order valence-electron chi connectivity index (χ0n) is 15.1. The van der Waals surface area contributed by atoms with Crippen molar-refractivity contribution >= 4 is 23.5 Å². The SMILES string of the molecule is C[C@H]1Cc2ccccc2N1C(=O)CN1C(=O)N[C@@H](Cc2ccccc2)C1=O. The molecule has 4 amide bonds. The van der Waals surface area contributed by atoms with Crippen LogP contribution in [0, 0.1) is 0 Å². The van der Waals surface area contributed by atoms with Gasteiger partial charge in [0.05, 0.1) is 0 Å². The first-order chi connectivity index (χ1) is 13.0. The van der Waals surface area contributed by atoms with Gasteiger partial charge >= 0.3 is 6.03 Å². The maximum Gasteiger partial charge on any atom is 0.325 e. The van der Waals surface area contributed by atoms with Gasteiger partial charge in [0.15, 0.2) is 0 Å². The number of nitrogens with zero attached hydrogens (tertiary/aromatic N) is 2. The Morgan fingerprint density at radius 2 is 1.78 bits per heavy atom. The van der Waals surface area contributed by atoms with Crippen LogP contribution < -0.4 is 10.2 Å². The Morgan fingerprint density at radius 1 is 1.07 bits per heavy atom. The van der Waals surface area contributed by atoms with Crippen molar-refractivity contribution in [1.29, 1.82) is 0 Å². The van der Waals surface area contributed by atoms with Gasteiger partial charge in [-0.15, -0.1) is 0 Å². The van der Waals surface area contributed by atoms with E-state index in [9.17, 15) is 14.4 Å². The van der Waals surface area contributed by atoms with Crippen molar-refractivity contribution < 1.29 is 14.4 Å². The number of imide groups is 1. The Kier molecular flexibility index (Phi) is 4.39. The van der Waals surface area contributed by atoms with E-state index in [1.54, 1.807) is 4.90 Å². The maximum absolute atomic E-state index is 12.9. The third kappa shape index (κ3) is 3.18. The van der Waals surface area contributed by atoms with Gasteiger partial charge in [0.25, 0.3) is 5.91 Å². The third-order valence-corrected chi connectivity index (χ3v) is 5.16. The number of fused-ring (bicyclic) bond motifs is 1. The molecule has 138 valence electrons. The van der Waals surface area contributed by atoms with E-state index >= 15 is 0 Å². The first-order valence-electron chi connectivity index (χ1n) is 9.10. The number of nitrogens with one attached hydrogen (secondary N) is 1. The van der Waals surface area contributed by atoms with Crippen LogP contribution in [-0.4, -0.2) is 41.4 Å². The van der Waals surface area contributed by atoms with Crippen molar-refractivity contribution in [1.82, 2.24) is 10.2 Å². The van der Waals surface area contributed by atoms with E-state index < -0.39 is 12.1 Å². The number of para-hydroxylation sites is 1. The van der Waals surface area contributed by atoms with Gasteiger partial charge in [0, 0.05) is 18.2 Å². The Morgan fingerprint density at radius 3 is 2.56 bits per heavy atom. The fourth-order valence-electron chi connectivity index (χ4n) is 3.87. The molecule has 0 spiro atoms. The van der Waals surface area contributed by atoms with Crippen molar-refractivity contribution in [3.63, 3.8) is 0 Å². The van der Waals surface area contributed by atoms with Crippen LogP contribution >= 0.6 is 0 Å². The molecule has 0 bridgehead atoms.